The van der Waals surface area contributed by atoms with Gasteiger partial charge in [-0.25, -0.2) is 0 Å². The molecule has 1 aromatic heterocycles. The number of hydrogen-bond donors (Lipinski definition) is 1. The van der Waals surface area contributed by atoms with Crippen LogP contribution < -0.4 is 5.32 Å². The molecular formula is C15H24N4O. The Morgan fingerprint density at radius 3 is 3.00 bits per heavy atom. The Morgan fingerprint density at radius 1 is 1.40 bits per heavy atom. The van der Waals surface area contributed by atoms with Gasteiger partial charge in [-0.3, -0.25) is 9.48 Å². The van der Waals surface area contributed by atoms with Gasteiger partial charge in [-0.1, -0.05) is 0 Å². The van der Waals surface area contributed by atoms with E-state index in [0.717, 1.165) is 51.9 Å². The van der Waals surface area contributed by atoms with Crippen molar-refractivity contribution in [2.75, 3.05) is 26.2 Å². The van der Waals surface area contributed by atoms with Crippen molar-refractivity contribution in [2.45, 2.75) is 38.6 Å². The molecule has 5 heteroatoms. The second-order valence-corrected chi connectivity index (χ2v) is 6.12. The topological polar surface area (TPSA) is 50.2 Å². The number of aryl methyl sites for hydroxylation is 1. The van der Waals surface area contributed by atoms with Gasteiger partial charge in [0.15, 0.2) is 0 Å². The van der Waals surface area contributed by atoms with Gasteiger partial charge in [0.1, 0.15) is 0 Å². The van der Waals surface area contributed by atoms with E-state index in [-0.39, 0.29) is 5.92 Å². The fourth-order valence-corrected chi connectivity index (χ4v) is 3.32. The van der Waals surface area contributed by atoms with Crippen molar-refractivity contribution in [3.63, 3.8) is 0 Å². The average molecular weight is 276 g/mol. The highest BCUT2D eigenvalue weighted by atomic mass is 16.2. The summed E-state index contributed by atoms with van der Waals surface area (Å²) in [5, 5.41) is 7.75. The molecule has 0 spiro atoms. The molecule has 20 heavy (non-hydrogen) atoms. The van der Waals surface area contributed by atoms with Crippen LogP contribution in [0.15, 0.2) is 12.4 Å². The van der Waals surface area contributed by atoms with Crippen LogP contribution >= 0.6 is 0 Å². The number of aromatic nitrogens is 2. The summed E-state index contributed by atoms with van der Waals surface area (Å²) in [6.45, 7) is 5.69. The smallest absolute Gasteiger partial charge is 0.227 e. The number of rotatable bonds is 2. The first-order chi connectivity index (χ1) is 9.74. The summed E-state index contributed by atoms with van der Waals surface area (Å²) >= 11 is 0. The molecule has 3 rings (SSSR count). The lowest BCUT2D eigenvalue weighted by molar-refractivity contribution is -0.137. The Bertz CT molecular complexity index is 464. The Labute approximate surface area is 120 Å². The fourth-order valence-electron chi connectivity index (χ4n) is 3.32. The van der Waals surface area contributed by atoms with E-state index in [1.807, 2.05) is 10.9 Å². The van der Waals surface area contributed by atoms with Crippen LogP contribution in [0.25, 0.3) is 0 Å². The van der Waals surface area contributed by atoms with Gasteiger partial charge in [0.05, 0.1) is 18.2 Å². The maximum atomic E-state index is 12.6. The molecule has 0 bridgehead atoms. The van der Waals surface area contributed by atoms with Crippen LogP contribution in [0.4, 0.5) is 0 Å². The first-order valence-corrected chi connectivity index (χ1v) is 7.74. The van der Waals surface area contributed by atoms with E-state index in [9.17, 15) is 4.79 Å². The molecule has 5 nitrogen and oxygen atoms in total. The number of hydrogen-bond acceptors (Lipinski definition) is 3. The Balaban J connectivity index is 1.63. The first-order valence-electron chi connectivity index (χ1n) is 7.74. The third-order valence-electron chi connectivity index (χ3n) is 4.46. The van der Waals surface area contributed by atoms with E-state index in [0.29, 0.717) is 11.9 Å². The lowest BCUT2D eigenvalue weighted by Gasteiger charge is -2.36. The van der Waals surface area contributed by atoms with Gasteiger partial charge in [-0.05, 0) is 44.7 Å². The lowest BCUT2D eigenvalue weighted by atomic mass is 9.96. The van der Waals surface area contributed by atoms with Crippen LogP contribution in [0, 0.1) is 12.8 Å². The van der Waals surface area contributed by atoms with Crippen molar-refractivity contribution < 1.29 is 4.79 Å². The van der Waals surface area contributed by atoms with Crippen molar-refractivity contribution in [1.82, 2.24) is 20.0 Å². The molecule has 1 amide bonds. The zero-order valence-corrected chi connectivity index (χ0v) is 12.2. The second-order valence-electron chi connectivity index (χ2n) is 6.12. The summed E-state index contributed by atoms with van der Waals surface area (Å²) in [6.07, 6.45) is 8.33. The molecule has 0 aromatic carbocycles. The van der Waals surface area contributed by atoms with Gasteiger partial charge < -0.3 is 10.2 Å². The van der Waals surface area contributed by atoms with E-state index < -0.39 is 0 Å². The minimum Gasteiger partial charge on any atom is -0.340 e. The third kappa shape index (κ3) is 2.87. The third-order valence-corrected chi connectivity index (χ3v) is 4.46. The highest BCUT2D eigenvalue weighted by Gasteiger charge is 2.30. The van der Waals surface area contributed by atoms with Crippen molar-refractivity contribution in [2.24, 2.45) is 5.92 Å². The predicted molar refractivity (Wildman–Crippen MR) is 77.4 cm³/mol. The van der Waals surface area contributed by atoms with Gasteiger partial charge in [0.2, 0.25) is 5.91 Å². The molecule has 2 aliphatic heterocycles. The number of carbonyl (C=O) groups is 1. The zero-order chi connectivity index (χ0) is 13.9. The summed E-state index contributed by atoms with van der Waals surface area (Å²) in [5.74, 6) is 0.521. The normalized spacial score (nSPS) is 27.6. The minimum absolute atomic E-state index is 0.182. The molecular weight excluding hydrogens is 252 g/mol. The Kier molecular flexibility index (Phi) is 4.05. The lowest BCUT2D eigenvalue weighted by Crippen LogP contribution is -2.47. The van der Waals surface area contributed by atoms with Gasteiger partial charge in [-0.15, -0.1) is 0 Å². The summed E-state index contributed by atoms with van der Waals surface area (Å²) in [5.41, 5.74) is 1.19. The Morgan fingerprint density at radius 2 is 2.30 bits per heavy atom. The number of nitrogens with one attached hydrogen (secondary N) is 1. The minimum atomic E-state index is 0.182. The highest BCUT2D eigenvalue weighted by Crippen LogP contribution is 2.24. The second kappa shape index (κ2) is 5.95. The van der Waals surface area contributed by atoms with Crippen LogP contribution in [-0.2, 0) is 4.79 Å². The summed E-state index contributed by atoms with van der Waals surface area (Å²) in [7, 11) is 0. The van der Waals surface area contributed by atoms with Crippen molar-refractivity contribution in [3.8, 4) is 0 Å². The van der Waals surface area contributed by atoms with E-state index >= 15 is 0 Å². The van der Waals surface area contributed by atoms with Gasteiger partial charge in [-0.2, -0.15) is 5.10 Å². The molecule has 3 heterocycles. The highest BCUT2D eigenvalue weighted by molar-refractivity contribution is 5.79. The summed E-state index contributed by atoms with van der Waals surface area (Å²) in [4.78, 5) is 14.6. The number of piperidine rings is 2. The fraction of sp³-hybridized carbons (Fsp3) is 0.733. The Hall–Kier alpha value is -1.36. The molecule has 110 valence electrons. The monoisotopic (exact) mass is 276 g/mol. The summed E-state index contributed by atoms with van der Waals surface area (Å²) in [6, 6.07) is 0.345. The van der Waals surface area contributed by atoms with E-state index in [4.69, 9.17) is 0 Å². The van der Waals surface area contributed by atoms with Gasteiger partial charge in [0, 0.05) is 25.8 Å². The van der Waals surface area contributed by atoms with E-state index in [1.165, 1.54) is 5.56 Å². The zero-order valence-electron chi connectivity index (χ0n) is 12.2. The molecule has 2 fully saturated rings. The van der Waals surface area contributed by atoms with Gasteiger partial charge in [0.25, 0.3) is 0 Å². The van der Waals surface area contributed by atoms with E-state index in [2.05, 4.69) is 28.4 Å². The number of likely N-dealkylation sites (tertiary alicyclic amines) is 1. The molecule has 0 aliphatic carbocycles. The first kappa shape index (κ1) is 13.6. The molecule has 0 saturated carbocycles. The summed E-state index contributed by atoms with van der Waals surface area (Å²) < 4.78 is 2.04. The number of amides is 1. The van der Waals surface area contributed by atoms with Crippen molar-refractivity contribution in [3.05, 3.63) is 18.0 Å². The van der Waals surface area contributed by atoms with Crippen LogP contribution in [0.1, 0.15) is 37.3 Å². The quantitative estimate of drug-likeness (QED) is 0.887. The largest absolute Gasteiger partial charge is 0.340 e. The van der Waals surface area contributed by atoms with Gasteiger partial charge >= 0.3 is 0 Å². The molecule has 1 N–H and O–H groups in total. The number of carbonyl (C=O) groups excluding carboxylic acids is 1. The number of nitrogens with zero attached hydrogens (tertiary/aromatic N) is 3. The van der Waals surface area contributed by atoms with Crippen LogP contribution in [-0.4, -0.2) is 46.8 Å². The predicted octanol–water partition coefficient (Wildman–Crippen LogP) is 1.35. The molecule has 2 unspecified atom stereocenters. The standard InChI is InChI=1S/C15H24N4O/c1-12-8-17-19(10-12)14-5-3-7-18(11-14)15(20)13-4-2-6-16-9-13/h8,10,13-14,16H,2-7,9,11H2,1H3. The molecule has 1 aromatic rings. The molecule has 2 aliphatic rings. The maximum absolute atomic E-state index is 12.6. The molecule has 2 saturated heterocycles. The van der Waals surface area contributed by atoms with Crippen molar-refractivity contribution in [1.29, 1.82) is 0 Å². The molecule has 2 atom stereocenters. The molecule has 0 radical (unpaired) electrons. The maximum Gasteiger partial charge on any atom is 0.227 e. The van der Waals surface area contributed by atoms with E-state index in [1.54, 1.807) is 0 Å². The van der Waals surface area contributed by atoms with Crippen LogP contribution in [0.5, 0.6) is 0 Å². The SMILES string of the molecule is Cc1cnn(C2CCCN(C(=O)C3CCCNC3)C2)c1. The average Bonchev–Trinajstić information content (AvgIpc) is 2.94. The van der Waals surface area contributed by atoms with Crippen molar-refractivity contribution >= 4 is 5.91 Å². The van der Waals surface area contributed by atoms with Crippen LogP contribution in [0.3, 0.4) is 0 Å². The van der Waals surface area contributed by atoms with Crippen LogP contribution in [0.2, 0.25) is 0 Å².